The molecule has 11 heavy (non-hydrogen) atoms. The van der Waals surface area contributed by atoms with E-state index in [0.717, 1.165) is 12.5 Å². The number of carboxylic acid groups (broad SMARTS) is 1. The molecule has 0 unspecified atom stereocenters. The van der Waals surface area contributed by atoms with Crippen LogP contribution in [0.5, 0.6) is 0 Å². The summed E-state index contributed by atoms with van der Waals surface area (Å²) in [4.78, 5) is 20.9. The van der Waals surface area contributed by atoms with Crippen LogP contribution >= 0.6 is 0 Å². The lowest BCUT2D eigenvalue weighted by Gasteiger charge is -1.97. The number of hydrogen-bond acceptors (Lipinski definition) is 2. The molecule has 3 heteroatoms. The lowest BCUT2D eigenvalue weighted by molar-refractivity contribution is -0.131. The standard InChI is InChI=1S/C8H12O3/c1-3-4-7(6(2)9)5-8(10)11/h5H,3-4H2,1-2H3,(H,10,11)/b7-5+. The van der Waals surface area contributed by atoms with Crippen molar-refractivity contribution in [3.63, 3.8) is 0 Å². The number of Topliss-reactive ketones (excluding diaryl/α,β-unsaturated/α-hetero) is 1. The van der Waals surface area contributed by atoms with Gasteiger partial charge in [0.15, 0.2) is 5.78 Å². The average molecular weight is 156 g/mol. The topological polar surface area (TPSA) is 54.4 Å². The van der Waals surface area contributed by atoms with Gasteiger partial charge in [0.05, 0.1) is 0 Å². The Bertz CT molecular complexity index is 192. The lowest BCUT2D eigenvalue weighted by Crippen LogP contribution is -2.00. The second kappa shape index (κ2) is 4.66. The molecule has 0 aliphatic heterocycles. The maximum absolute atomic E-state index is 10.7. The summed E-state index contributed by atoms with van der Waals surface area (Å²) in [5.41, 5.74) is 0.389. The third-order valence-corrected chi connectivity index (χ3v) is 1.27. The van der Waals surface area contributed by atoms with Crippen LogP contribution in [0.3, 0.4) is 0 Å². The monoisotopic (exact) mass is 156 g/mol. The summed E-state index contributed by atoms with van der Waals surface area (Å²) in [6.45, 7) is 3.28. The van der Waals surface area contributed by atoms with E-state index in [1.54, 1.807) is 0 Å². The molecule has 0 radical (unpaired) electrons. The number of carboxylic acids is 1. The van der Waals surface area contributed by atoms with Crippen molar-refractivity contribution in [3.8, 4) is 0 Å². The van der Waals surface area contributed by atoms with Crippen LogP contribution in [0.2, 0.25) is 0 Å². The molecule has 0 saturated carbocycles. The zero-order valence-corrected chi connectivity index (χ0v) is 6.76. The number of hydrogen-bond donors (Lipinski definition) is 1. The second-order valence-electron chi connectivity index (χ2n) is 2.31. The maximum Gasteiger partial charge on any atom is 0.328 e. The van der Waals surface area contributed by atoms with Crippen molar-refractivity contribution in [1.29, 1.82) is 0 Å². The van der Waals surface area contributed by atoms with E-state index in [0.29, 0.717) is 12.0 Å². The predicted molar refractivity (Wildman–Crippen MR) is 41.3 cm³/mol. The minimum atomic E-state index is -1.05. The first-order valence-corrected chi connectivity index (χ1v) is 3.52. The van der Waals surface area contributed by atoms with Crippen molar-refractivity contribution >= 4 is 11.8 Å². The van der Waals surface area contributed by atoms with Crippen molar-refractivity contribution in [2.75, 3.05) is 0 Å². The summed E-state index contributed by atoms with van der Waals surface area (Å²) in [7, 11) is 0. The molecule has 0 atom stereocenters. The number of carbonyl (C=O) groups is 2. The van der Waals surface area contributed by atoms with Gasteiger partial charge in [-0.3, -0.25) is 4.79 Å². The van der Waals surface area contributed by atoms with E-state index in [-0.39, 0.29) is 5.78 Å². The molecule has 0 spiro atoms. The fourth-order valence-corrected chi connectivity index (χ4v) is 0.768. The van der Waals surface area contributed by atoms with Crippen LogP contribution in [-0.2, 0) is 9.59 Å². The first kappa shape index (κ1) is 9.88. The number of allylic oxidation sites excluding steroid dienone is 1. The summed E-state index contributed by atoms with van der Waals surface area (Å²) >= 11 is 0. The first-order chi connectivity index (χ1) is 5.07. The molecule has 0 saturated heterocycles. The molecule has 0 aliphatic rings. The first-order valence-electron chi connectivity index (χ1n) is 3.52. The summed E-state index contributed by atoms with van der Waals surface area (Å²) in [5.74, 6) is -1.21. The lowest BCUT2D eigenvalue weighted by atomic mass is 10.1. The highest BCUT2D eigenvalue weighted by Crippen LogP contribution is 2.05. The molecule has 3 nitrogen and oxygen atoms in total. The highest BCUT2D eigenvalue weighted by molar-refractivity contribution is 5.98. The van der Waals surface area contributed by atoms with Gasteiger partial charge in [-0.2, -0.15) is 0 Å². The van der Waals surface area contributed by atoms with Gasteiger partial charge in [-0.25, -0.2) is 4.79 Å². The smallest absolute Gasteiger partial charge is 0.328 e. The highest BCUT2D eigenvalue weighted by atomic mass is 16.4. The molecule has 0 aromatic heterocycles. The van der Waals surface area contributed by atoms with Gasteiger partial charge in [-0.1, -0.05) is 13.3 Å². The summed E-state index contributed by atoms with van der Waals surface area (Å²) in [5, 5.41) is 8.33. The fourth-order valence-electron chi connectivity index (χ4n) is 0.768. The van der Waals surface area contributed by atoms with E-state index in [1.165, 1.54) is 6.92 Å². The highest BCUT2D eigenvalue weighted by Gasteiger charge is 2.03. The molecule has 0 aromatic rings. The van der Waals surface area contributed by atoms with E-state index in [2.05, 4.69) is 0 Å². The van der Waals surface area contributed by atoms with Crippen molar-refractivity contribution in [2.24, 2.45) is 0 Å². The molecule has 0 amide bonds. The fraction of sp³-hybridized carbons (Fsp3) is 0.500. The van der Waals surface area contributed by atoms with Crippen molar-refractivity contribution < 1.29 is 14.7 Å². The van der Waals surface area contributed by atoms with Crippen molar-refractivity contribution in [2.45, 2.75) is 26.7 Å². The van der Waals surface area contributed by atoms with Crippen molar-refractivity contribution in [1.82, 2.24) is 0 Å². The van der Waals surface area contributed by atoms with Gasteiger partial charge >= 0.3 is 5.97 Å². The summed E-state index contributed by atoms with van der Waals surface area (Å²) in [6.07, 6.45) is 2.31. The second-order valence-corrected chi connectivity index (χ2v) is 2.31. The van der Waals surface area contributed by atoms with Gasteiger partial charge in [0.2, 0.25) is 0 Å². The molecule has 62 valence electrons. The maximum atomic E-state index is 10.7. The molecular formula is C8H12O3. The molecule has 0 bridgehead atoms. The van der Waals surface area contributed by atoms with E-state index in [1.807, 2.05) is 6.92 Å². The molecular weight excluding hydrogens is 144 g/mol. The number of aliphatic carboxylic acids is 1. The van der Waals surface area contributed by atoms with Crippen LogP contribution in [0.4, 0.5) is 0 Å². The van der Waals surface area contributed by atoms with E-state index >= 15 is 0 Å². The predicted octanol–water partition coefficient (Wildman–Crippen LogP) is 1.39. The van der Waals surface area contributed by atoms with E-state index < -0.39 is 5.97 Å². The van der Waals surface area contributed by atoms with Crippen LogP contribution in [-0.4, -0.2) is 16.9 Å². The number of ketones is 1. The third-order valence-electron chi connectivity index (χ3n) is 1.27. The Kier molecular flexibility index (Phi) is 4.18. The zero-order chi connectivity index (χ0) is 8.85. The summed E-state index contributed by atoms with van der Waals surface area (Å²) in [6, 6.07) is 0. The van der Waals surface area contributed by atoms with Crippen LogP contribution < -0.4 is 0 Å². The Balaban J connectivity index is 4.32. The Morgan fingerprint density at radius 3 is 2.27 bits per heavy atom. The molecule has 0 fully saturated rings. The number of carbonyl (C=O) groups excluding carboxylic acids is 1. The largest absolute Gasteiger partial charge is 0.478 e. The summed E-state index contributed by atoms with van der Waals surface area (Å²) < 4.78 is 0. The van der Waals surface area contributed by atoms with E-state index in [9.17, 15) is 9.59 Å². The Hall–Kier alpha value is -1.12. The minimum absolute atomic E-state index is 0.158. The van der Waals surface area contributed by atoms with Gasteiger partial charge in [-0.05, 0) is 13.3 Å². The molecule has 1 N–H and O–H groups in total. The van der Waals surface area contributed by atoms with Crippen LogP contribution in [0, 0.1) is 0 Å². The third kappa shape index (κ3) is 4.31. The van der Waals surface area contributed by atoms with E-state index in [4.69, 9.17) is 5.11 Å². The van der Waals surface area contributed by atoms with Crippen LogP contribution in [0.25, 0.3) is 0 Å². The van der Waals surface area contributed by atoms with Crippen molar-refractivity contribution in [3.05, 3.63) is 11.6 Å². The van der Waals surface area contributed by atoms with Gasteiger partial charge in [0, 0.05) is 11.6 Å². The Morgan fingerprint density at radius 1 is 1.45 bits per heavy atom. The number of rotatable bonds is 4. The quantitative estimate of drug-likeness (QED) is 0.626. The van der Waals surface area contributed by atoms with Gasteiger partial charge < -0.3 is 5.11 Å². The normalized spacial score (nSPS) is 11.3. The molecule has 0 aliphatic carbocycles. The zero-order valence-electron chi connectivity index (χ0n) is 6.76. The minimum Gasteiger partial charge on any atom is -0.478 e. The molecule has 0 aromatic carbocycles. The Morgan fingerprint density at radius 2 is 2.00 bits per heavy atom. The average Bonchev–Trinajstić information content (AvgIpc) is 1.86. The van der Waals surface area contributed by atoms with Gasteiger partial charge in [-0.15, -0.1) is 0 Å². The SMILES string of the molecule is CCC/C(=C\C(=O)O)C(C)=O. The van der Waals surface area contributed by atoms with Crippen LogP contribution in [0.1, 0.15) is 26.7 Å². The Labute approximate surface area is 65.7 Å². The molecule has 0 rings (SSSR count). The van der Waals surface area contributed by atoms with Crippen LogP contribution in [0.15, 0.2) is 11.6 Å². The van der Waals surface area contributed by atoms with Gasteiger partial charge in [0.25, 0.3) is 0 Å². The van der Waals surface area contributed by atoms with Gasteiger partial charge in [0.1, 0.15) is 0 Å². The molecule has 0 heterocycles.